The minimum atomic E-state index is -0.219. The van der Waals surface area contributed by atoms with Crippen molar-refractivity contribution in [2.24, 2.45) is 0 Å². The lowest BCUT2D eigenvalue weighted by atomic mass is 10.1. The van der Waals surface area contributed by atoms with Gasteiger partial charge in [0, 0.05) is 30.1 Å². The van der Waals surface area contributed by atoms with Gasteiger partial charge in [-0.15, -0.1) is 11.3 Å². The molecule has 3 nitrogen and oxygen atoms in total. The molecule has 2 aromatic rings. The first-order chi connectivity index (χ1) is 9.81. The topological polar surface area (TPSA) is 34.1 Å². The SMILES string of the molecule is Fc1ccc(-c2csc(CN[C@@H]3CCCOC3)n2)cc1. The van der Waals surface area contributed by atoms with Crippen molar-refractivity contribution in [3.05, 3.63) is 40.5 Å². The highest BCUT2D eigenvalue weighted by Crippen LogP contribution is 2.22. The Morgan fingerprint density at radius 2 is 2.20 bits per heavy atom. The second-order valence-electron chi connectivity index (χ2n) is 4.93. The van der Waals surface area contributed by atoms with E-state index in [9.17, 15) is 4.39 Å². The van der Waals surface area contributed by atoms with Crippen molar-refractivity contribution < 1.29 is 9.13 Å². The number of halogens is 1. The van der Waals surface area contributed by atoms with Gasteiger partial charge < -0.3 is 10.1 Å². The molecule has 0 spiro atoms. The summed E-state index contributed by atoms with van der Waals surface area (Å²) in [6.45, 7) is 2.43. The van der Waals surface area contributed by atoms with E-state index in [4.69, 9.17) is 4.74 Å². The molecule has 0 unspecified atom stereocenters. The molecule has 2 heterocycles. The van der Waals surface area contributed by atoms with Crippen LogP contribution in [0.15, 0.2) is 29.6 Å². The molecule has 20 heavy (non-hydrogen) atoms. The Hall–Kier alpha value is -1.30. The van der Waals surface area contributed by atoms with E-state index in [-0.39, 0.29) is 5.82 Å². The van der Waals surface area contributed by atoms with Crippen LogP contribution in [0.1, 0.15) is 17.8 Å². The van der Waals surface area contributed by atoms with Crippen LogP contribution in [0.2, 0.25) is 0 Å². The molecular weight excluding hydrogens is 275 g/mol. The molecule has 1 fully saturated rings. The Morgan fingerprint density at radius 3 is 2.95 bits per heavy atom. The van der Waals surface area contributed by atoms with Gasteiger partial charge in [0.25, 0.3) is 0 Å². The zero-order valence-electron chi connectivity index (χ0n) is 11.1. The quantitative estimate of drug-likeness (QED) is 0.939. The summed E-state index contributed by atoms with van der Waals surface area (Å²) >= 11 is 1.63. The molecule has 0 aliphatic carbocycles. The Morgan fingerprint density at radius 1 is 1.35 bits per heavy atom. The highest BCUT2D eigenvalue weighted by Gasteiger charge is 2.13. The van der Waals surface area contributed by atoms with Gasteiger partial charge in [-0.1, -0.05) is 0 Å². The summed E-state index contributed by atoms with van der Waals surface area (Å²) < 4.78 is 18.3. The van der Waals surface area contributed by atoms with Crippen LogP contribution in [0, 0.1) is 5.82 Å². The molecule has 0 saturated carbocycles. The van der Waals surface area contributed by atoms with Crippen LogP contribution in [-0.4, -0.2) is 24.2 Å². The summed E-state index contributed by atoms with van der Waals surface area (Å²) in [4.78, 5) is 4.59. The Labute approximate surface area is 121 Å². The monoisotopic (exact) mass is 292 g/mol. The van der Waals surface area contributed by atoms with Crippen molar-refractivity contribution in [1.82, 2.24) is 10.3 Å². The van der Waals surface area contributed by atoms with E-state index in [0.717, 1.165) is 48.9 Å². The number of nitrogens with one attached hydrogen (secondary N) is 1. The molecule has 1 aromatic carbocycles. The number of hydrogen-bond donors (Lipinski definition) is 1. The highest BCUT2D eigenvalue weighted by molar-refractivity contribution is 7.09. The maximum Gasteiger partial charge on any atom is 0.123 e. The molecule has 3 rings (SSSR count). The Balaban J connectivity index is 1.60. The third-order valence-corrected chi connectivity index (χ3v) is 4.24. The van der Waals surface area contributed by atoms with E-state index in [1.54, 1.807) is 23.5 Å². The molecule has 5 heteroatoms. The van der Waals surface area contributed by atoms with Crippen LogP contribution in [0.25, 0.3) is 11.3 Å². The van der Waals surface area contributed by atoms with E-state index < -0.39 is 0 Å². The second-order valence-corrected chi connectivity index (χ2v) is 5.87. The fourth-order valence-corrected chi connectivity index (χ4v) is 3.03. The standard InChI is InChI=1S/C15H17FN2OS/c16-12-5-3-11(4-6-12)14-10-20-15(18-14)8-17-13-2-1-7-19-9-13/h3-6,10,13,17H,1-2,7-9H2/t13-/m1/s1. The summed E-state index contributed by atoms with van der Waals surface area (Å²) in [7, 11) is 0. The van der Waals surface area contributed by atoms with Gasteiger partial charge in [0.15, 0.2) is 0 Å². The van der Waals surface area contributed by atoms with Gasteiger partial charge in [-0.2, -0.15) is 0 Å². The summed E-state index contributed by atoms with van der Waals surface area (Å²) in [5, 5.41) is 6.54. The first kappa shape index (κ1) is 13.7. The molecular formula is C15H17FN2OS. The molecule has 1 aliphatic rings. The minimum Gasteiger partial charge on any atom is -0.380 e. The molecule has 106 valence electrons. The maximum atomic E-state index is 12.9. The summed E-state index contributed by atoms with van der Waals surface area (Å²) in [5.41, 5.74) is 1.86. The summed E-state index contributed by atoms with van der Waals surface area (Å²) in [5.74, 6) is -0.219. The first-order valence-corrected chi connectivity index (χ1v) is 7.71. The molecule has 1 saturated heterocycles. The van der Waals surface area contributed by atoms with Crippen molar-refractivity contribution in [2.45, 2.75) is 25.4 Å². The zero-order chi connectivity index (χ0) is 13.8. The molecule has 0 radical (unpaired) electrons. The van der Waals surface area contributed by atoms with Crippen molar-refractivity contribution in [3.63, 3.8) is 0 Å². The third kappa shape index (κ3) is 3.42. The summed E-state index contributed by atoms with van der Waals surface area (Å²) in [6.07, 6.45) is 2.28. The lowest BCUT2D eigenvalue weighted by Crippen LogP contribution is -2.36. The lowest BCUT2D eigenvalue weighted by Gasteiger charge is -2.22. The molecule has 0 amide bonds. The number of rotatable bonds is 4. The number of nitrogens with zero attached hydrogens (tertiary/aromatic N) is 1. The number of ether oxygens (including phenoxy) is 1. The molecule has 1 atom stereocenters. The van der Waals surface area contributed by atoms with Gasteiger partial charge in [-0.05, 0) is 37.1 Å². The van der Waals surface area contributed by atoms with Crippen LogP contribution in [0.3, 0.4) is 0 Å². The van der Waals surface area contributed by atoms with Crippen LogP contribution in [0.4, 0.5) is 4.39 Å². The van der Waals surface area contributed by atoms with Gasteiger partial charge in [-0.25, -0.2) is 9.37 Å². The molecule has 0 bridgehead atoms. The first-order valence-electron chi connectivity index (χ1n) is 6.83. The van der Waals surface area contributed by atoms with Crippen LogP contribution < -0.4 is 5.32 Å². The lowest BCUT2D eigenvalue weighted by molar-refractivity contribution is 0.0699. The Kier molecular flexibility index (Phi) is 4.40. The van der Waals surface area contributed by atoms with Crippen LogP contribution >= 0.6 is 11.3 Å². The van der Waals surface area contributed by atoms with E-state index in [2.05, 4.69) is 10.3 Å². The van der Waals surface area contributed by atoms with Crippen LogP contribution in [-0.2, 0) is 11.3 Å². The van der Waals surface area contributed by atoms with Crippen molar-refractivity contribution in [1.29, 1.82) is 0 Å². The van der Waals surface area contributed by atoms with Crippen molar-refractivity contribution in [2.75, 3.05) is 13.2 Å². The number of thiazole rings is 1. The van der Waals surface area contributed by atoms with E-state index in [1.807, 2.05) is 5.38 Å². The van der Waals surface area contributed by atoms with Crippen molar-refractivity contribution >= 4 is 11.3 Å². The summed E-state index contributed by atoms with van der Waals surface area (Å²) in [6, 6.07) is 6.88. The van der Waals surface area contributed by atoms with E-state index >= 15 is 0 Å². The highest BCUT2D eigenvalue weighted by atomic mass is 32.1. The van der Waals surface area contributed by atoms with Gasteiger partial charge >= 0.3 is 0 Å². The Bertz CT molecular complexity index is 549. The normalized spacial score (nSPS) is 19.1. The van der Waals surface area contributed by atoms with E-state index in [0.29, 0.717) is 6.04 Å². The van der Waals surface area contributed by atoms with Gasteiger partial charge in [0.1, 0.15) is 10.8 Å². The number of aromatic nitrogens is 1. The fraction of sp³-hybridized carbons (Fsp3) is 0.400. The number of benzene rings is 1. The smallest absolute Gasteiger partial charge is 0.123 e. The third-order valence-electron chi connectivity index (χ3n) is 3.39. The van der Waals surface area contributed by atoms with Gasteiger partial charge in [-0.3, -0.25) is 0 Å². The second kappa shape index (κ2) is 6.43. The fourth-order valence-electron chi connectivity index (χ4n) is 2.28. The molecule has 1 N–H and O–H groups in total. The minimum absolute atomic E-state index is 0.219. The van der Waals surface area contributed by atoms with Gasteiger partial charge in [0.05, 0.1) is 12.3 Å². The zero-order valence-corrected chi connectivity index (χ0v) is 12.0. The predicted molar refractivity (Wildman–Crippen MR) is 78.2 cm³/mol. The molecule has 1 aliphatic heterocycles. The average Bonchev–Trinajstić information content (AvgIpc) is 2.96. The van der Waals surface area contributed by atoms with Crippen molar-refractivity contribution in [3.8, 4) is 11.3 Å². The molecule has 1 aromatic heterocycles. The number of hydrogen-bond acceptors (Lipinski definition) is 4. The van der Waals surface area contributed by atoms with E-state index in [1.165, 1.54) is 12.1 Å². The largest absolute Gasteiger partial charge is 0.380 e. The predicted octanol–water partition coefficient (Wildman–Crippen LogP) is 3.22. The van der Waals surface area contributed by atoms with Crippen LogP contribution in [0.5, 0.6) is 0 Å². The average molecular weight is 292 g/mol. The van der Waals surface area contributed by atoms with Gasteiger partial charge in [0.2, 0.25) is 0 Å². The maximum absolute atomic E-state index is 12.9.